The minimum absolute atomic E-state index is 0.286. The summed E-state index contributed by atoms with van der Waals surface area (Å²) in [5.41, 5.74) is 0.641. The largest absolute Gasteiger partial charge is 0.416 e. The summed E-state index contributed by atoms with van der Waals surface area (Å²) >= 11 is 3.12. The van der Waals surface area contributed by atoms with Crippen molar-refractivity contribution >= 4 is 15.9 Å². The molecule has 5 heteroatoms. The van der Waals surface area contributed by atoms with Crippen molar-refractivity contribution in [1.82, 2.24) is 5.32 Å². The molecule has 1 aromatic rings. The number of halogens is 4. The fraction of sp³-hybridized carbons (Fsp3) is 0.500. The molecule has 1 N–H and O–H groups in total. The molecular formula is C16H21BrF3N. The zero-order valence-electron chi connectivity index (χ0n) is 12.4. The van der Waals surface area contributed by atoms with Gasteiger partial charge in [0.05, 0.1) is 5.56 Å². The summed E-state index contributed by atoms with van der Waals surface area (Å²) in [5, 5.41) is 3.21. The average Bonchev–Trinajstić information content (AvgIpc) is 2.42. The van der Waals surface area contributed by atoms with E-state index in [1.807, 2.05) is 13.8 Å². The number of hydrogen-bond acceptors (Lipinski definition) is 1. The van der Waals surface area contributed by atoms with Crippen LogP contribution in [0.3, 0.4) is 0 Å². The van der Waals surface area contributed by atoms with Gasteiger partial charge in [0.25, 0.3) is 0 Å². The molecule has 0 aromatic heterocycles. The molecular weight excluding hydrogens is 343 g/mol. The van der Waals surface area contributed by atoms with Crippen LogP contribution in [0.2, 0.25) is 0 Å². The van der Waals surface area contributed by atoms with Gasteiger partial charge in [0.15, 0.2) is 0 Å². The molecule has 0 amide bonds. The average molecular weight is 364 g/mol. The molecule has 0 saturated heterocycles. The van der Waals surface area contributed by atoms with Crippen LogP contribution in [0.5, 0.6) is 0 Å². The highest BCUT2D eigenvalue weighted by Crippen LogP contribution is 2.38. The third-order valence-electron chi connectivity index (χ3n) is 3.33. The first-order valence-corrected chi connectivity index (χ1v) is 7.85. The van der Waals surface area contributed by atoms with Crippen molar-refractivity contribution in [3.05, 3.63) is 46.0 Å². The molecule has 0 bridgehead atoms. The molecule has 0 fully saturated rings. The van der Waals surface area contributed by atoms with Crippen LogP contribution in [0.25, 0.3) is 0 Å². The maximum absolute atomic E-state index is 13.3. The maximum Gasteiger partial charge on any atom is 0.416 e. The Morgan fingerprint density at radius 2 is 2.00 bits per heavy atom. The van der Waals surface area contributed by atoms with E-state index in [1.165, 1.54) is 0 Å². The van der Waals surface area contributed by atoms with E-state index < -0.39 is 11.7 Å². The van der Waals surface area contributed by atoms with Gasteiger partial charge >= 0.3 is 6.18 Å². The Hall–Kier alpha value is -0.810. The Morgan fingerprint density at radius 3 is 2.52 bits per heavy atom. The quantitative estimate of drug-likeness (QED) is 0.597. The molecule has 21 heavy (non-hydrogen) atoms. The van der Waals surface area contributed by atoms with E-state index in [-0.39, 0.29) is 11.6 Å². The highest BCUT2D eigenvalue weighted by atomic mass is 79.9. The van der Waals surface area contributed by atoms with Crippen LogP contribution in [0.1, 0.15) is 50.3 Å². The first-order valence-electron chi connectivity index (χ1n) is 7.06. The van der Waals surface area contributed by atoms with Gasteiger partial charge < -0.3 is 5.32 Å². The van der Waals surface area contributed by atoms with Crippen molar-refractivity contribution in [3.8, 4) is 0 Å². The molecule has 0 aliphatic rings. The van der Waals surface area contributed by atoms with Crippen LogP contribution in [-0.2, 0) is 6.18 Å². The topological polar surface area (TPSA) is 12.0 Å². The first kappa shape index (κ1) is 18.2. The Kier molecular flexibility index (Phi) is 6.94. The van der Waals surface area contributed by atoms with Crippen molar-refractivity contribution in [2.24, 2.45) is 0 Å². The Balaban J connectivity index is 3.19. The lowest BCUT2D eigenvalue weighted by atomic mass is 9.94. The standard InChI is InChI=1S/C16H21BrF3N/c1-4-8-21-15(9-11(3)5-2)13-7-6-12(17)10-14(13)16(18,19)20/h6-7,10,15,21H,3-5,8-9H2,1-2H3. The zero-order valence-corrected chi connectivity index (χ0v) is 13.9. The molecule has 0 heterocycles. The summed E-state index contributed by atoms with van der Waals surface area (Å²) in [6, 6.07) is 3.98. The van der Waals surface area contributed by atoms with Gasteiger partial charge in [-0.1, -0.05) is 48.0 Å². The summed E-state index contributed by atoms with van der Waals surface area (Å²) in [7, 11) is 0. The van der Waals surface area contributed by atoms with Gasteiger partial charge in [0.1, 0.15) is 0 Å². The number of hydrogen-bond donors (Lipinski definition) is 1. The van der Waals surface area contributed by atoms with Gasteiger partial charge in [-0.25, -0.2) is 0 Å². The zero-order chi connectivity index (χ0) is 16.0. The van der Waals surface area contributed by atoms with Crippen molar-refractivity contribution in [3.63, 3.8) is 0 Å². The van der Waals surface area contributed by atoms with E-state index in [2.05, 4.69) is 27.8 Å². The monoisotopic (exact) mass is 363 g/mol. The number of benzene rings is 1. The second-order valence-electron chi connectivity index (χ2n) is 5.04. The van der Waals surface area contributed by atoms with Gasteiger partial charge in [-0.2, -0.15) is 13.2 Å². The van der Waals surface area contributed by atoms with Gasteiger partial charge in [-0.3, -0.25) is 0 Å². The molecule has 1 rings (SSSR count). The predicted molar refractivity (Wildman–Crippen MR) is 84.2 cm³/mol. The lowest BCUT2D eigenvalue weighted by Crippen LogP contribution is -2.25. The second-order valence-corrected chi connectivity index (χ2v) is 5.96. The van der Waals surface area contributed by atoms with Crippen LogP contribution in [0, 0.1) is 0 Å². The summed E-state index contributed by atoms with van der Waals surface area (Å²) < 4.78 is 40.2. The minimum Gasteiger partial charge on any atom is -0.310 e. The van der Waals surface area contributed by atoms with Crippen LogP contribution in [0.4, 0.5) is 13.2 Å². The lowest BCUT2D eigenvalue weighted by Gasteiger charge is -2.24. The second kappa shape index (κ2) is 7.99. The van der Waals surface area contributed by atoms with Gasteiger partial charge in [0, 0.05) is 10.5 Å². The molecule has 1 aromatic carbocycles. The Labute approximate surface area is 132 Å². The maximum atomic E-state index is 13.3. The summed E-state index contributed by atoms with van der Waals surface area (Å²) in [6.45, 7) is 8.56. The molecule has 0 radical (unpaired) electrons. The molecule has 0 saturated carbocycles. The van der Waals surface area contributed by atoms with E-state index in [0.717, 1.165) is 24.5 Å². The van der Waals surface area contributed by atoms with Crippen molar-refractivity contribution in [1.29, 1.82) is 0 Å². The third kappa shape index (κ3) is 5.47. The summed E-state index contributed by atoms with van der Waals surface area (Å²) in [6.07, 6.45) is -2.21. The molecule has 0 spiro atoms. The third-order valence-corrected chi connectivity index (χ3v) is 3.82. The van der Waals surface area contributed by atoms with E-state index in [0.29, 0.717) is 17.4 Å². The molecule has 1 atom stereocenters. The van der Waals surface area contributed by atoms with Crippen LogP contribution in [0.15, 0.2) is 34.8 Å². The molecule has 1 unspecified atom stereocenters. The van der Waals surface area contributed by atoms with E-state index >= 15 is 0 Å². The van der Waals surface area contributed by atoms with Crippen LogP contribution in [-0.4, -0.2) is 6.54 Å². The highest BCUT2D eigenvalue weighted by Gasteiger charge is 2.35. The Bertz CT molecular complexity index is 483. The molecule has 1 nitrogen and oxygen atoms in total. The predicted octanol–water partition coefficient (Wildman–Crippen LogP) is 5.86. The summed E-state index contributed by atoms with van der Waals surface area (Å²) in [5.74, 6) is 0. The normalized spacial score (nSPS) is 13.2. The SMILES string of the molecule is C=C(CC)CC(NCCC)c1ccc(Br)cc1C(F)(F)F. The van der Waals surface area contributed by atoms with E-state index in [1.54, 1.807) is 12.1 Å². The summed E-state index contributed by atoms with van der Waals surface area (Å²) in [4.78, 5) is 0. The Morgan fingerprint density at radius 1 is 1.33 bits per heavy atom. The van der Waals surface area contributed by atoms with E-state index in [4.69, 9.17) is 0 Å². The van der Waals surface area contributed by atoms with Gasteiger partial charge in [-0.05, 0) is 43.5 Å². The van der Waals surface area contributed by atoms with Crippen molar-refractivity contribution in [2.75, 3.05) is 6.54 Å². The fourth-order valence-electron chi connectivity index (χ4n) is 2.12. The van der Waals surface area contributed by atoms with Gasteiger partial charge in [0.2, 0.25) is 0 Å². The number of alkyl halides is 3. The highest BCUT2D eigenvalue weighted by molar-refractivity contribution is 9.10. The number of rotatable bonds is 7. The smallest absolute Gasteiger partial charge is 0.310 e. The van der Waals surface area contributed by atoms with Crippen LogP contribution >= 0.6 is 15.9 Å². The first-order chi connectivity index (χ1) is 9.79. The molecule has 0 aliphatic carbocycles. The van der Waals surface area contributed by atoms with Crippen molar-refractivity contribution < 1.29 is 13.2 Å². The number of nitrogens with one attached hydrogen (secondary N) is 1. The fourth-order valence-corrected chi connectivity index (χ4v) is 2.48. The van der Waals surface area contributed by atoms with Gasteiger partial charge in [-0.15, -0.1) is 0 Å². The van der Waals surface area contributed by atoms with Crippen LogP contribution < -0.4 is 5.32 Å². The minimum atomic E-state index is -4.36. The molecule has 118 valence electrons. The van der Waals surface area contributed by atoms with Crippen molar-refractivity contribution in [2.45, 2.75) is 45.3 Å². The molecule has 0 aliphatic heterocycles. The van der Waals surface area contributed by atoms with E-state index in [9.17, 15) is 13.2 Å². The lowest BCUT2D eigenvalue weighted by molar-refractivity contribution is -0.138.